The Bertz CT molecular complexity index is 798. The summed E-state index contributed by atoms with van der Waals surface area (Å²) in [5, 5.41) is 3.52. The molecule has 6 aliphatic rings. The summed E-state index contributed by atoms with van der Waals surface area (Å²) in [5.41, 5.74) is -1.10. The molecule has 1 heterocycles. The highest BCUT2D eigenvalue weighted by molar-refractivity contribution is 5.83. The zero-order valence-corrected chi connectivity index (χ0v) is 21.2. The van der Waals surface area contributed by atoms with Gasteiger partial charge in [-0.25, -0.2) is 4.79 Å². The number of nitrogens with one attached hydrogen (secondary N) is 1. The number of hydrogen-bond donors (Lipinski definition) is 1. The third-order valence-corrected chi connectivity index (χ3v) is 9.78. The average molecular weight is 482 g/mol. The van der Waals surface area contributed by atoms with E-state index in [0.29, 0.717) is 43.4 Å². The second-order valence-corrected chi connectivity index (χ2v) is 11.9. The molecule has 2 amide bonds. The van der Waals surface area contributed by atoms with Gasteiger partial charge in [-0.2, -0.15) is 0 Å². The molecule has 6 nitrogen and oxygen atoms in total. The standard InChI is InChI=1S/C29H43N3O3/c1-4-29(5-2,6-3)35-28(34)32-12-11-31(18-20-9-7-8-10-20)25(19-32)27(33)30-26-23-14-21-13-22(16-23)17-24(26)15-21/h4-6,20-26H,1-3,7-19H2,(H,30,33)/t21?,22?,23?,24?,25-,26?/m1/s1. The van der Waals surface area contributed by atoms with Gasteiger partial charge in [0.1, 0.15) is 6.04 Å². The maximum Gasteiger partial charge on any atom is 0.411 e. The Morgan fingerprint density at radius 2 is 1.51 bits per heavy atom. The van der Waals surface area contributed by atoms with Crippen LogP contribution in [0.4, 0.5) is 4.79 Å². The number of rotatable bonds is 8. The van der Waals surface area contributed by atoms with Crippen LogP contribution in [0, 0.1) is 29.6 Å². The summed E-state index contributed by atoms with van der Waals surface area (Å²) in [7, 11) is 0. The zero-order valence-electron chi connectivity index (χ0n) is 21.2. The van der Waals surface area contributed by atoms with Crippen LogP contribution in [0.3, 0.4) is 0 Å². The van der Waals surface area contributed by atoms with Gasteiger partial charge in [-0.1, -0.05) is 32.6 Å². The van der Waals surface area contributed by atoms with Gasteiger partial charge in [-0.05, 0) is 92.8 Å². The monoisotopic (exact) mass is 481 g/mol. The predicted octanol–water partition coefficient (Wildman–Crippen LogP) is 4.54. The molecule has 0 spiro atoms. The zero-order chi connectivity index (χ0) is 24.6. The van der Waals surface area contributed by atoms with Crippen molar-refractivity contribution >= 4 is 12.0 Å². The van der Waals surface area contributed by atoms with E-state index in [1.54, 1.807) is 4.90 Å². The van der Waals surface area contributed by atoms with E-state index in [1.807, 2.05) is 0 Å². The van der Waals surface area contributed by atoms with Crippen LogP contribution in [0.15, 0.2) is 38.0 Å². The largest absolute Gasteiger partial charge is 0.430 e. The van der Waals surface area contributed by atoms with Crippen molar-refractivity contribution in [2.24, 2.45) is 29.6 Å². The van der Waals surface area contributed by atoms with Crippen molar-refractivity contribution in [3.05, 3.63) is 38.0 Å². The van der Waals surface area contributed by atoms with E-state index in [0.717, 1.165) is 18.4 Å². The first-order valence-corrected chi connectivity index (χ1v) is 13.9. The summed E-state index contributed by atoms with van der Waals surface area (Å²) >= 11 is 0. The van der Waals surface area contributed by atoms with Gasteiger partial charge < -0.3 is 15.0 Å². The third kappa shape index (κ3) is 4.96. The van der Waals surface area contributed by atoms with Crippen molar-refractivity contribution in [1.29, 1.82) is 0 Å². The Hall–Kier alpha value is -2.08. The van der Waals surface area contributed by atoms with E-state index in [1.165, 1.54) is 76.0 Å². The minimum absolute atomic E-state index is 0.0976. The maximum atomic E-state index is 13.8. The smallest absolute Gasteiger partial charge is 0.411 e. The van der Waals surface area contributed by atoms with Crippen molar-refractivity contribution in [2.75, 3.05) is 26.2 Å². The van der Waals surface area contributed by atoms with Crippen molar-refractivity contribution in [1.82, 2.24) is 15.1 Å². The summed E-state index contributed by atoms with van der Waals surface area (Å²) in [6.45, 7) is 13.9. The van der Waals surface area contributed by atoms with Gasteiger partial charge in [0, 0.05) is 32.2 Å². The number of nitrogens with zero attached hydrogens (tertiary/aromatic N) is 2. The predicted molar refractivity (Wildman–Crippen MR) is 138 cm³/mol. The fraction of sp³-hybridized carbons (Fsp3) is 0.724. The van der Waals surface area contributed by atoms with Gasteiger partial charge in [0.2, 0.25) is 5.91 Å². The van der Waals surface area contributed by atoms with E-state index < -0.39 is 11.7 Å². The second-order valence-electron chi connectivity index (χ2n) is 11.9. The van der Waals surface area contributed by atoms with Crippen molar-refractivity contribution in [3.63, 3.8) is 0 Å². The van der Waals surface area contributed by atoms with Crippen molar-refractivity contribution in [2.45, 2.75) is 75.5 Å². The number of carbonyl (C=O) groups is 2. The summed E-state index contributed by atoms with van der Waals surface area (Å²) in [6, 6.07) is -0.0272. The molecule has 1 atom stereocenters. The number of ether oxygens (including phenoxy) is 1. The molecule has 5 aliphatic carbocycles. The molecule has 6 heteroatoms. The topological polar surface area (TPSA) is 61.9 Å². The molecular weight excluding hydrogens is 438 g/mol. The average Bonchev–Trinajstić information content (AvgIpc) is 3.37. The lowest BCUT2D eigenvalue weighted by atomic mass is 9.54. The highest BCUT2D eigenvalue weighted by atomic mass is 16.6. The Morgan fingerprint density at radius 3 is 2.09 bits per heavy atom. The number of hydrogen-bond acceptors (Lipinski definition) is 4. The summed E-state index contributed by atoms with van der Waals surface area (Å²) in [5.74, 6) is 3.78. The molecular formula is C29H43N3O3. The lowest BCUT2D eigenvalue weighted by molar-refractivity contribution is -0.132. The minimum atomic E-state index is -1.10. The van der Waals surface area contributed by atoms with Crippen LogP contribution >= 0.6 is 0 Å². The lowest BCUT2D eigenvalue weighted by Crippen LogP contribution is -2.64. The summed E-state index contributed by atoms with van der Waals surface area (Å²) < 4.78 is 5.73. The molecule has 0 aromatic rings. The van der Waals surface area contributed by atoms with Gasteiger partial charge >= 0.3 is 6.09 Å². The molecule has 0 radical (unpaired) electrons. The van der Waals surface area contributed by atoms with Crippen LogP contribution in [0.1, 0.15) is 57.8 Å². The van der Waals surface area contributed by atoms with Crippen LogP contribution < -0.4 is 5.32 Å². The van der Waals surface area contributed by atoms with E-state index in [2.05, 4.69) is 30.0 Å². The number of piperazine rings is 1. The van der Waals surface area contributed by atoms with Gasteiger partial charge in [0.15, 0.2) is 5.60 Å². The maximum absolute atomic E-state index is 13.8. The third-order valence-electron chi connectivity index (χ3n) is 9.78. The summed E-state index contributed by atoms with van der Waals surface area (Å²) in [4.78, 5) is 30.9. The normalized spacial score (nSPS) is 35.0. The molecule has 5 saturated carbocycles. The lowest BCUT2D eigenvalue weighted by Gasteiger charge is -2.54. The molecule has 0 unspecified atom stereocenters. The Morgan fingerprint density at radius 1 is 0.914 bits per heavy atom. The number of carbonyl (C=O) groups excluding carboxylic acids is 2. The molecule has 192 valence electrons. The first kappa shape index (κ1) is 24.6. The fourth-order valence-electron chi connectivity index (χ4n) is 7.99. The van der Waals surface area contributed by atoms with E-state index in [-0.39, 0.29) is 11.9 Å². The Labute approximate surface area is 210 Å². The van der Waals surface area contributed by atoms with Gasteiger partial charge in [0.25, 0.3) is 0 Å². The molecule has 35 heavy (non-hydrogen) atoms. The minimum Gasteiger partial charge on any atom is -0.430 e. The molecule has 6 fully saturated rings. The SMILES string of the molecule is C=CC(C=C)(C=C)OC(=O)N1CCN(CC2CCCC2)[C@@H](C(=O)NC2C3CC4CC(C3)CC2C4)C1. The fourth-order valence-corrected chi connectivity index (χ4v) is 7.99. The Balaban J connectivity index is 1.28. The van der Waals surface area contributed by atoms with E-state index >= 15 is 0 Å². The molecule has 0 aromatic heterocycles. The van der Waals surface area contributed by atoms with Crippen LogP contribution in [0.25, 0.3) is 0 Å². The molecule has 1 aliphatic heterocycles. The summed E-state index contributed by atoms with van der Waals surface area (Å²) in [6.07, 6.45) is 15.7. The van der Waals surface area contributed by atoms with Crippen LogP contribution in [-0.4, -0.2) is 65.7 Å². The van der Waals surface area contributed by atoms with E-state index in [9.17, 15) is 9.59 Å². The quantitative estimate of drug-likeness (QED) is 0.517. The molecule has 1 N–H and O–H groups in total. The van der Waals surface area contributed by atoms with Crippen molar-refractivity contribution < 1.29 is 14.3 Å². The van der Waals surface area contributed by atoms with Crippen LogP contribution in [0.2, 0.25) is 0 Å². The highest BCUT2D eigenvalue weighted by Gasteiger charge is 2.49. The Kier molecular flexibility index (Phi) is 7.11. The first-order chi connectivity index (χ1) is 16.9. The van der Waals surface area contributed by atoms with Crippen LogP contribution in [0.5, 0.6) is 0 Å². The molecule has 0 aromatic carbocycles. The molecule has 1 saturated heterocycles. The second kappa shape index (κ2) is 10.1. The highest BCUT2D eigenvalue weighted by Crippen LogP contribution is 2.53. The molecule has 4 bridgehead atoms. The van der Waals surface area contributed by atoms with Gasteiger partial charge in [-0.15, -0.1) is 0 Å². The number of amides is 2. The van der Waals surface area contributed by atoms with Gasteiger partial charge in [0.05, 0.1) is 0 Å². The first-order valence-electron chi connectivity index (χ1n) is 13.9. The molecule has 6 rings (SSSR count). The van der Waals surface area contributed by atoms with E-state index in [4.69, 9.17) is 4.74 Å². The van der Waals surface area contributed by atoms with Crippen molar-refractivity contribution in [3.8, 4) is 0 Å². The van der Waals surface area contributed by atoms with Crippen LogP contribution in [-0.2, 0) is 9.53 Å². The van der Waals surface area contributed by atoms with Gasteiger partial charge in [-0.3, -0.25) is 9.69 Å².